The van der Waals surface area contributed by atoms with E-state index in [9.17, 15) is 14.7 Å². The molecular weight excluding hydrogens is 434 g/mol. The van der Waals surface area contributed by atoms with Gasteiger partial charge < -0.3 is 19.6 Å². The molecule has 1 aliphatic heterocycles. The summed E-state index contributed by atoms with van der Waals surface area (Å²) in [5.41, 5.74) is 1.05. The highest BCUT2D eigenvalue weighted by molar-refractivity contribution is 6.03. The van der Waals surface area contributed by atoms with Crippen LogP contribution in [0, 0.1) is 0 Å². The molecule has 8 nitrogen and oxygen atoms in total. The number of phenols is 1. The van der Waals surface area contributed by atoms with E-state index < -0.39 is 18.0 Å². The number of amides is 2. The second kappa shape index (κ2) is 9.27. The lowest BCUT2D eigenvalue weighted by Crippen LogP contribution is -2.38. The van der Waals surface area contributed by atoms with E-state index in [2.05, 4.69) is 10.3 Å². The molecule has 1 aliphatic rings. The summed E-state index contributed by atoms with van der Waals surface area (Å²) < 4.78 is 11.0. The molecule has 4 aromatic rings. The number of likely N-dealkylation sites (tertiary alicyclic amines) is 1. The predicted octanol–water partition coefficient (Wildman–Crippen LogP) is 4.42. The molecule has 34 heavy (non-hydrogen) atoms. The SMILES string of the molecule is O=C(N[C@H]1C[C@@H](c2ncco2)N(C(=O)OCc2ccccc2)C1)c1ccc2ccccc2c1O. The fourth-order valence-electron chi connectivity index (χ4n) is 4.28. The van der Waals surface area contributed by atoms with Crippen molar-refractivity contribution < 1.29 is 23.8 Å². The summed E-state index contributed by atoms with van der Waals surface area (Å²) in [7, 11) is 0. The minimum absolute atomic E-state index is 0.0722. The predicted molar refractivity (Wildman–Crippen MR) is 124 cm³/mol. The third-order valence-corrected chi connectivity index (χ3v) is 5.96. The number of fused-ring (bicyclic) bond motifs is 1. The zero-order chi connectivity index (χ0) is 23.5. The van der Waals surface area contributed by atoms with Crippen molar-refractivity contribution in [2.75, 3.05) is 6.54 Å². The van der Waals surface area contributed by atoms with E-state index in [1.807, 2.05) is 42.5 Å². The highest BCUT2D eigenvalue weighted by Crippen LogP contribution is 2.33. The van der Waals surface area contributed by atoms with Crippen LogP contribution in [0.5, 0.6) is 5.75 Å². The molecule has 5 rings (SSSR count). The van der Waals surface area contributed by atoms with Crippen LogP contribution < -0.4 is 5.32 Å². The molecule has 0 bridgehead atoms. The number of carbonyl (C=O) groups excluding carboxylic acids is 2. The number of rotatable bonds is 5. The van der Waals surface area contributed by atoms with Crippen LogP contribution >= 0.6 is 0 Å². The average Bonchev–Trinajstić information content (AvgIpc) is 3.54. The molecule has 0 aliphatic carbocycles. The smallest absolute Gasteiger partial charge is 0.410 e. The van der Waals surface area contributed by atoms with E-state index in [1.165, 1.54) is 17.4 Å². The van der Waals surface area contributed by atoms with Crippen molar-refractivity contribution in [3.05, 3.63) is 96.2 Å². The molecule has 0 unspecified atom stereocenters. The molecule has 0 saturated carbocycles. The van der Waals surface area contributed by atoms with Gasteiger partial charge in [0.15, 0.2) is 0 Å². The Morgan fingerprint density at radius 2 is 1.88 bits per heavy atom. The monoisotopic (exact) mass is 457 g/mol. The molecule has 1 saturated heterocycles. The molecule has 2 atom stereocenters. The van der Waals surface area contributed by atoms with Crippen molar-refractivity contribution in [3.63, 3.8) is 0 Å². The van der Waals surface area contributed by atoms with Gasteiger partial charge >= 0.3 is 6.09 Å². The topological polar surface area (TPSA) is 105 Å². The first-order valence-corrected chi connectivity index (χ1v) is 11.0. The molecule has 2 amide bonds. The largest absolute Gasteiger partial charge is 0.506 e. The Morgan fingerprint density at radius 1 is 1.09 bits per heavy atom. The van der Waals surface area contributed by atoms with Crippen LogP contribution in [0.2, 0.25) is 0 Å². The highest BCUT2D eigenvalue weighted by atomic mass is 16.6. The standard InChI is InChI=1S/C26H23N3O5/c30-23-20-9-5-4-8-18(20)10-11-21(23)24(31)28-19-14-22(25-27-12-13-33-25)29(15-19)26(32)34-16-17-6-2-1-3-7-17/h1-13,19,22,30H,14-16H2,(H,28,31)/t19-,22-/m0/s1. The van der Waals surface area contributed by atoms with Crippen LogP contribution in [0.3, 0.4) is 0 Å². The van der Waals surface area contributed by atoms with Gasteiger partial charge in [0, 0.05) is 18.0 Å². The number of carbonyl (C=O) groups is 2. The van der Waals surface area contributed by atoms with E-state index >= 15 is 0 Å². The molecule has 2 heterocycles. The van der Waals surface area contributed by atoms with Gasteiger partial charge in [0.25, 0.3) is 5.91 Å². The van der Waals surface area contributed by atoms with Crippen molar-refractivity contribution in [3.8, 4) is 5.75 Å². The lowest BCUT2D eigenvalue weighted by atomic mass is 10.0. The maximum atomic E-state index is 13.0. The molecule has 1 aromatic heterocycles. The zero-order valence-electron chi connectivity index (χ0n) is 18.3. The van der Waals surface area contributed by atoms with Gasteiger partial charge in [-0.05, 0) is 23.4 Å². The number of aromatic hydroxyl groups is 1. The second-order valence-corrected chi connectivity index (χ2v) is 8.17. The lowest BCUT2D eigenvalue weighted by molar-refractivity contribution is 0.0859. The summed E-state index contributed by atoms with van der Waals surface area (Å²) in [6.45, 7) is 0.358. The van der Waals surface area contributed by atoms with Crippen LogP contribution in [0.1, 0.15) is 34.3 Å². The molecule has 3 aromatic carbocycles. The normalized spacial score (nSPS) is 17.6. The van der Waals surface area contributed by atoms with Crippen LogP contribution in [-0.2, 0) is 11.3 Å². The van der Waals surface area contributed by atoms with Crippen molar-refractivity contribution >= 4 is 22.8 Å². The van der Waals surface area contributed by atoms with Crippen molar-refractivity contribution in [1.29, 1.82) is 0 Å². The van der Waals surface area contributed by atoms with E-state index in [1.54, 1.807) is 24.3 Å². The number of hydrogen-bond donors (Lipinski definition) is 2. The Hall–Kier alpha value is -4.33. The summed E-state index contributed by atoms with van der Waals surface area (Å²) in [6, 6.07) is 19.2. The Labute approximate surface area is 195 Å². The molecule has 172 valence electrons. The molecule has 2 N–H and O–H groups in total. The first kappa shape index (κ1) is 21.5. The van der Waals surface area contributed by atoms with Gasteiger partial charge in [-0.15, -0.1) is 0 Å². The van der Waals surface area contributed by atoms with E-state index in [0.717, 1.165) is 10.9 Å². The second-order valence-electron chi connectivity index (χ2n) is 8.17. The fraction of sp³-hybridized carbons (Fsp3) is 0.192. The first-order chi connectivity index (χ1) is 16.6. The van der Waals surface area contributed by atoms with Crippen LogP contribution in [0.4, 0.5) is 4.79 Å². The summed E-state index contributed by atoms with van der Waals surface area (Å²) >= 11 is 0. The number of nitrogens with zero attached hydrogens (tertiary/aromatic N) is 2. The number of nitrogens with one attached hydrogen (secondary N) is 1. The Kier molecular flexibility index (Phi) is 5.86. The molecule has 8 heteroatoms. The highest BCUT2D eigenvalue weighted by Gasteiger charge is 2.40. The third kappa shape index (κ3) is 4.30. The quantitative estimate of drug-likeness (QED) is 0.460. The maximum Gasteiger partial charge on any atom is 0.410 e. The van der Waals surface area contributed by atoms with Gasteiger partial charge in [0.1, 0.15) is 24.7 Å². The van der Waals surface area contributed by atoms with Gasteiger partial charge in [0.05, 0.1) is 11.8 Å². The number of aromatic nitrogens is 1. The minimum Gasteiger partial charge on any atom is -0.506 e. The first-order valence-electron chi connectivity index (χ1n) is 11.0. The van der Waals surface area contributed by atoms with Crippen LogP contribution in [0.25, 0.3) is 10.8 Å². The van der Waals surface area contributed by atoms with E-state index in [-0.39, 0.29) is 30.5 Å². The number of ether oxygens (including phenoxy) is 1. The lowest BCUT2D eigenvalue weighted by Gasteiger charge is -2.21. The average molecular weight is 457 g/mol. The summed E-state index contributed by atoms with van der Waals surface area (Å²) in [6.07, 6.45) is 2.85. The maximum absolute atomic E-state index is 13.0. The van der Waals surface area contributed by atoms with Crippen molar-refractivity contribution in [1.82, 2.24) is 15.2 Å². The summed E-state index contributed by atoms with van der Waals surface area (Å²) in [5, 5.41) is 15.0. The van der Waals surface area contributed by atoms with E-state index in [0.29, 0.717) is 17.7 Å². The van der Waals surface area contributed by atoms with Crippen LogP contribution in [-0.4, -0.2) is 39.6 Å². The Bertz CT molecular complexity index is 1310. The van der Waals surface area contributed by atoms with Gasteiger partial charge in [-0.3, -0.25) is 9.69 Å². The van der Waals surface area contributed by atoms with Gasteiger partial charge in [-0.2, -0.15) is 0 Å². The van der Waals surface area contributed by atoms with Gasteiger partial charge in [0.2, 0.25) is 5.89 Å². The Balaban J connectivity index is 1.31. The molecule has 0 radical (unpaired) electrons. The third-order valence-electron chi connectivity index (χ3n) is 5.96. The number of phenolic OH excluding ortho intramolecular Hbond substituents is 1. The van der Waals surface area contributed by atoms with E-state index in [4.69, 9.17) is 9.15 Å². The number of hydrogen-bond acceptors (Lipinski definition) is 6. The summed E-state index contributed by atoms with van der Waals surface area (Å²) in [4.78, 5) is 31.6. The molecule has 0 spiro atoms. The van der Waals surface area contributed by atoms with Crippen molar-refractivity contribution in [2.45, 2.75) is 25.1 Å². The number of oxazole rings is 1. The van der Waals surface area contributed by atoms with Gasteiger partial charge in [-0.25, -0.2) is 9.78 Å². The fourth-order valence-corrected chi connectivity index (χ4v) is 4.28. The van der Waals surface area contributed by atoms with Gasteiger partial charge in [-0.1, -0.05) is 60.7 Å². The number of benzene rings is 3. The van der Waals surface area contributed by atoms with Crippen LogP contribution in [0.15, 0.2) is 83.6 Å². The Morgan fingerprint density at radius 3 is 2.68 bits per heavy atom. The van der Waals surface area contributed by atoms with Crippen molar-refractivity contribution in [2.24, 2.45) is 0 Å². The summed E-state index contributed by atoms with van der Waals surface area (Å²) in [5.74, 6) is -0.113. The minimum atomic E-state index is -0.516. The molecule has 1 fully saturated rings. The molecular formula is C26H23N3O5. The zero-order valence-corrected chi connectivity index (χ0v) is 18.3.